The number of para-hydroxylation sites is 1. The Labute approximate surface area is 98.1 Å². The van der Waals surface area contributed by atoms with E-state index in [2.05, 4.69) is 58.2 Å². The van der Waals surface area contributed by atoms with E-state index in [1.54, 1.807) is 0 Å². The third-order valence-electron chi connectivity index (χ3n) is 3.23. The first-order chi connectivity index (χ1) is 8.42. The van der Waals surface area contributed by atoms with E-state index >= 15 is 0 Å². The molecule has 0 unspecified atom stereocenters. The summed E-state index contributed by atoms with van der Waals surface area (Å²) in [7, 11) is 0. The molecule has 4 rings (SSSR count). The third kappa shape index (κ3) is 1.18. The number of hydrogen-bond donors (Lipinski definition) is 0. The van der Waals surface area contributed by atoms with Crippen molar-refractivity contribution in [3.63, 3.8) is 0 Å². The predicted octanol–water partition coefficient (Wildman–Crippen LogP) is 3.64. The van der Waals surface area contributed by atoms with E-state index in [9.17, 15) is 0 Å². The van der Waals surface area contributed by atoms with Crippen LogP contribution in [0.3, 0.4) is 0 Å². The lowest BCUT2D eigenvalue weighted by Crippen LogP contribution is -1.86. The maximum atomic E-state index is 4.49. The molecule has 1 aromatic carbocycles. The Bertz CT molecular complexity index is 843. The van der Waals surface area contributed by atoms with Gasteiger partial charge in [-0.3, -0.25) is 4.98 Å². The molecule has 0 aliphatic carbocycles. The summed E-state index contributed by atoms with van der Waals surface area (Å²) in [6.07, 6.45) is 6.20. The topological polar surface area (TPSA) is 17.3 Å². The highest BCUT2D eigenvalue weighted by Crippen LogP contribution is 2.24. The van der Waals surface area contributed by atoms with E-state index in [1.165, 1.54) is 21.7 Å². The van der Waals surface area contributed by atoms with E-state index in [1.807, 2.05) is 12.3 Å². The van der Waals surface area contributed by atoms with Gasteiger partial charge in [-0.1, -0.05) is 18.2 Å². The predicted molar refractivity (Wildman–Crippen MR) is 70.2 cm³/mol. The summed E-state index contributed by atoms with van der Waals surface area (Å²) in [5.74, 6) is 0. The number of benzene rings is 1. The van der Waals surface area contributed by atoms with E-state index in [0.717, 1.165) is 5.52 Å². The zero-order chi connectivity index (χ0) is 11.2. The van der Waals surface area contributed by atoms with Crippen molar-refractivity contribution in [1.29, 1.82) is 0 Å². The van der Waals surface area contributed by atoms with Gasteiger partial charge in [-0.25, -0.2) is 0 Å². The maximum Gasteiger partial charge on any atom is 0.0709 e. The highest BCUT2D eigenvalue weighted by atomic mass is 14.8. The molecule has 0 aliphatic rings. The van der Waals surface area contributed by atoms with Gasteiger partial charge in [0, 0.05) is 40.3 Å². The van der Waals surface area contributed by atoms with Crippen LogP contribution in [0.15, 0.2) is 61.1 Å². The number of pyridine rings is 2. The van der Waals surface area contributed by atoms with Crippen LogP contribution in [0, 0.1) is 0 Å². The fourth-order valence-electron chi connectivity index (χ4n) is 2.38. The van der Waals surface area contributed by atoms with Gasteiger partial charge in [0.1, 0.15) is 0 Å². The monoisotopic (exact) mass is 218 g/mol. The van der Waals surface area contributed by atoms with Crippen LogP contribution in [0.5, 0.6) is 0 Å². The third-order valence-corrected chi connectivity index (χ3v) is 3.23. The summed E-state index contributed by atoms with van der Waals surface area (Å²) in [5, 5.41) is 3.65. The first-order valence-electron chi connectivity index (χ1n) is 5.66. The molecule has 3 heterocycles. The quantitative estimate of drug-likeness (QED) is 0.412. The smallest absolute Gasteiger partial charge is 0.0709 e. The molecule has 3 aromatic heterocycles. The lowest BCUT2D eigenvalue weighted by Gasteiger charge is -2.04. The van der Waals surface area contributed by atoms with Crippen LogP contribution in [0.4, 0.5) is 0 Å². The van der Waals surface area contributed by atoms with E-state index in [-0.39, 0.29) is 0 Å². The van der Waals surface area contributed by atoms with Crippen molar-refractivity contribution in [1.82, 2.24) is 9.38 Å². The Kier molecular flexibility index (Phi) is 1.59. The molecule has 0 N–H and O–H groups in total. The molecular weight excluding hydrogens is 208 g/mol. The SMILES string of the molecule is c1ccc2c(c1)ncc1cc3cccn3cc12. The molecular formula is C15H10N2. The summed E-state index contributed by atoms with van der Waals surface area (Å²) >= 11 is 0. The number of rotatable bonds is 0. The molecule has 2 nitrogen and oxygen atoms in total. The van der Waals surface area contributed by atoms with E-state index < -0.39 is 0 Å². The molecule has 0 saturated carbocycles. The van der Waals surface area contributed by atoms with Crippen molar-refractivity contribution >= 4 is 27.2 Å². The zero-order valence-corrected chi connectivity index (χ0v) is 9.17. The van der Waals surface area contributed by atoms with Gasteiger partial charge in [0.2, 0.25) is 0 Å². The minimum Gasteiger partial charge on any atom is -0.323 e. The van der Waals surface area contributed by atoms with Gasteiger partial charge < -0.3 is 4.40 Å². The molecule has 0 atom stereocenters. The fraction of sp³-hybridized carbons (Fsp3) is 0. The van der Waals surface area contributed by atoms with Gasteiger partial charge in [0.25, 0.3) is 0 Å². The lowest BCUT2D eigenvalue weighted by molar-refractivity contribution is 1.22. The van der Waals surface area contributed by atoms with Crippen LogP contribution < -0.4 is 0 Å². The minimum absolute atomic E-state index is 1.05. The summed E-state index contributed by atoms with van der Waals surface area (Å²) in [4.78, 5) is 4.49. The van der Waals surface area contributed by atoms with Gasteiger partial charge >= 0.3 is 0 Å². The Hall–Kier alpha value is -2.35. The van der Waals surface area contributed by atoms with Crippen molar-refractivity contribution in [3.8, 4) is 0 Å². The molecule has 0 amide bonds. The average Bonchev–Trinajstić information content (AvgIpc) is 2.83. The van der Waals surface area contributed by atoms with Gasteiger partial charge in [0.05, 0.1) is 5.52 Å². The summed E-state index contributed by atoms with van der Waals surface area (Å²) in [6.45, 7) is 0. The summed E-state index contributed by atoms with van der Waals surface area (Å²) in [5.41, 5.74) is 2.25. The second-order valence-electron chi connectivity index (χ2n) is 4.26. The maximum absolute atomic E-state index is 4.49. The fourth-order valence-corrected chi connectivity index (χ4v) is 2.38. The number of aromatic nitrogens is 2. The van der Waals surface area contributed by atoms with Crippen LogP contribution in [0.25, 0.3) is 27.2 Å². The molecule has 0 spiro atoms. The van der Waals surface area contributed by atoms with Gasteiger partial charge in [-0.05, 0) is 24.3 Å². The van der Waals surface area contributed by atoms with E-state index in [0.29, 0.717) is 0 Å². The van der Waals surface area contributed by atoms with Gasteiger partial charge in [0.15, 0.2) is 0 Å². The molecule has 4 aromatic rings. The molecule has 17 heavy (non-hydrogen) atoms. The molecule has 2 heteroatoms. The van der Waals surface area contributed by atoms with Crippen molar-refractivity contribution in [2.24, 2.45) is 0 Å². The Morgan fingerprint density at radius 3 is 2.88 bits per heavy atom. The van der Waals surface area contributed by atoms with Gasteiger partial charge in [-0.2, -0.15) is 0 Å². The molecule has 0 fully saturated rings. The highest BCUT2D eigenvalue weighted by molar-refractivity contribution is 6.05. The van der Waals surface area contributed by atoms with Crippen molar-refractivity contribution in [2.45, 2.75) is 0 Å². The molecule has 0 aliphatic heterocycles. The molecule has 80 valence electrons. The van der Waals surface area contributed by atoms with Crippen LogP contribution >= 0.6 is 0 Å². The Morgan fingerprint density at radius 2 is 1.88 bits per heavy atom. The number of fused-ring (bicyclic) bond motifs is 4. The second-order valence-corrected chi connectivity index (χ2v) is 4.26. The normalized spacial score (nSPS) is 11.5. The largest absolute Gasteiger partial charge is 0.323 e. The zero-order valence-electron chi connectivity index (χ0n) is 9.17. The van der Waals surface area contributed by atoms with Crippen LogP contribution in [0.1, 0.15) is 0 Å². The lowest BCUT2D eigenvalue weighted by atomic mass is 10.1. The molecule has 0 bridgehead atoms. The van der Waals surface area contributed by atoms with Crippen molar-refractivity contribution < 1.29 is 0 Å². The van der Waals surface area contributed by atoms with E-state index in [4.69, 9.17) is 0 Å². The Balaban J connectivity index is 2.30. The minimum atomic E-state index is 1.05. The summed E-state index contributed by atoms with van der Waals surface area (Å²) < 4.78 is 2.15. The Morgan fingerprint density at radius 1 is 0.941 bits per heavy atom. The molecule has 0 radical (unpaired) electrons. The van der Waals surface area contributed by atoms with Gasteiger partial charge in [-0.15, -0.1) is 0 Å². The van der Waals surface area contributed by atoms with Crippen LogP contribution in [-0.4, -0.2) is 9.38 Å². The molecule has 0 saturated heterocycles. The van der Waals surface area contributed by atoms with Crippen molar-refractivity contribution in [2.75, 3.05) is 0 Å². The average molecular weight is 218 g/mol. The second kappa shape index (κ2) is 3.08. The van der Waals surface area contributed by atoms with Crippen LogP contribution in [0.2, 0.25) is 0 Å². The first-order valence-corrected chi connectivity index (χ1v) is 5.66. The number of nitrogens with zero attached hydrogens (tertiary/aromatic N) is 2. The first kappa shape index (κ1) is 8.76. The van der Waals surface area contributed by atoms with Crippen LogP contribution in [-0.2, 0) is 0 Å². The number of hydrogen-bond acceptors (Lipinski definition) is 1. The standard InChI is InChI=1S/C15H10N2/c1-2-6-15-13(5-1)14-10-17-7-3-4-12(17)8-11(14)9-16-15/h1-10H. The van der Waals surface area contributed by atoms with Crippen molar-refractivity contribution in [3.05, 3.63) is 61.1 Å². The summed E-state index contributed by atoms with van der Waals surface area (Å²) in [6, 6.07) is 14.6. The highest BCUT2D eigenvalue weighted by Gasteiger charge is 2.02.